The van der Waals surface area contributed by atoms with Crippen LogP contribution in [-0.2, 0) is 4.79 Å². The summed E-state index contributed by atoms with van der Waals surface area (Å²) in [6.45, 7) is 2.07. The zero-order chi connectivity index (χ0) is 10.7. The molecule has 0 aliphatic carbocycles. The highest BCUT2D eigenvalue weighted by atomic mass is 16.1. The van der Waals surface area contributed by atoms with Gasteiger partial charge in [0.05, 0.1) is 0 Å². The Morgan fingerprint density at radius 3 is 2.67 bits per heavy atom. The second-order valence-corrected chi connectivity index (χ2v) is 4.21. The number of carbonyl (C=O) groups is 1. The fourth-order valence-electron chi connectivity index (χ4n) is 1.92. The van der Waals surface area contributed by atoms with E-state index in [2.05, 4.69) is 31.2 Å². The maximum Gasteiger partial charge on any atom is 0.211 e. The average Bonchev–Trinajstić information content (AvgIpc) is 2.25. The van der Waals surface area contributed by atoms with Crippen LogP contribution in [0.2, 0.25) is 6.32 Å². The van der Waals surface area contributed by atoms with E-state index in [1.807, 2.05) is 6.08 Å². The molecular formula is C13H15BO. The Labute approximate surface area is 91.4 Å². The minimum atomic E-state index is 0.335. The average molecular weight is 198 g/mol. The zero-order valence-corrected chi connectivity index (χ0v) is 9.12. The van der Waals surface area contributed by atoms with Crippen LogP contribution in [0.3, 0.4) is 0 Å². The molecule has 0 aromatic heterocycles. The molecule has 0 unspecified atom stereocenters. The van der Waals surface area contributed by atoms with Crippen LogP contribution in [0.15, 0.2) is 29.8 Å². The first-order valence-corrected chi connectivity index (χ1v) is 5.56. The largest absolute Gasteiger partial charge is 0.307 e. The second kappa shape index (κ2) is 4.48. The number of hydrogen-bond acceptors (Lipinski definition) is 1. The summed E-state index contributed by atoms with van der Waals surface area (Å²) in [5.74, 6) is 0. The molecule has 1 aromatic carbocycles. The van der Waals surface area contributed by atoms with Crippen molar-refractivity contribution in [2.75, 3.05) is 0 Å². The summed E-state index contributed by atoms with van der Waals surface area (Å²) in [6, 6.07) is 8.31. The highest BCUT2D eigenvalue weighted by Crippen LogP contribution is 2.18. The van der Waals surface area contributed by atoms with Crippen molar-refractivity contribution < 1.29 is 4.79 Å². The first-order chi connectivity index (χ1) is 7.25. The van der Waals surface area contributed by atoms with Crippen molar-refractivity contribution in [2.24, 2.45) is 0 Å². The van der Waals surface area contributed by atoms with E-state index < -0.39 is 0 Å². The summed E-state index contributed by atoms with van der Waals surface area (Å²) >= 11 is 0. The van der Waals surface area contributed by atoms with E-state index in [-0.39, 0.29) is 0 Å². The maximum atomic E-state index is 11.6. The standard InChI is InChI=1S/C13H15BO/c1-10-4-6-11(7-5-10)9-12-3-2-8-14-13(12)15/h4-7,9,14H,2-3,8H2,1H3. The number of rotatable bonds is 1. The van der Waals surface area contributed by atoms with E-state index in [1.165, 1.54) is 5.56 Å². The smallest absolute Gasteiger partial charge is 0.211 e. The number of benzene rings is 1. The number of hydrogen-bond donors (Lipinski definition) is 0. The Morgan fingerprint density at radius 1 is 1.27 bits per heavy atom. The molecule has 1 aromatic rings. The SMILES string of the molecule is Cc1ccc(C=C2CCCBC2=O)cc1. The van der Waals surface area contributed by atoms with Gasteiger partial charge in [-0.05, 0) is 30.6 Å². The second-order valence-electron chi connectivity index (χ2n) is 4.21. The van der Waals surface area contributed by atoms with Gasteiger partial charge in [0.25, 0.3) is 0 Å². The third kappa shape index (κ3) is 2.59. The first-order valence-electron chi connectivity index (χ1n) is 5.56. The Kier molecular flexibility index (Phi) is 3.05. The molecular weight excluding hydrogens is 183 g/mol. The lowest BCUT2D eigenvalue weighted by Gasteiger charge is -2.11. The van der Waals surface area contributed by atoms with Gasteiger partial charge in [0, 0.05) is 0 Å². The minimum Gasteiger partial charge on any atom is -0.307 e. The molecule has 1 fully saturated rings. The van der Waals surface area contributed by atoms with Crippen molar-refractivity contribution in [1.82, 2.24) is 0 Å². The van der Waals surface area contributed by atoms with Gasteiger partial charge in [0.15, 0.2) is 0 Å². The molecule has 0 radical (unpaired) electrons. The lowest BCUT2D eigenvalue weighted by atomic mass is 9.61. The quantitative estimate of drug-likeness (QED) is 0.500. The monoisotopic (exact) mass is 198 g/mol. The molecule has 1 heterocycles. The number of aryl methyl sites for hydroxylation is 1. The molecule has 1 saturated heterocycles. The number of allylic oxidation sites excluding steroid dienone is 1. The van der Waals surface area contributed by atoms with Crippen molar-refractivity contribution in [2.45, 2.75) is 26.1 Å². The van der Waals surface area contributed by atoms with Crippen molar-refractivity contribution in [3.8, 4) is 0 Å². The molecule has 15 heavy (non-hydrogen) atoms. The van der Waals surface area contributed by atoms with Crippen LogP contribution in [0, 0.1) is 6.92 Å². The summed E-state index contributed by atoms with van der Waals surface area (Å²) in [7, 11) is 0.734. The minimum absolute atomic E-state index is 0.335. The molecule has 1 nitrogen and oxygen atoms in total. The maximum absolute atomic E-state index is 11.6. The van der Waals surface area contributed by atoms with E-state index in [0.29, 0.717) is 5.68 Å². The Balaban J connectivity index is 2.21. The molecule has 0 spiro atoms. The van der Waals surface area contributed by atoms with Crippen molar-refractivity contribution in [3.05, 3.63) is 41.0 Å². The molecule has 0 atom stereocenters. The molecule has 0 saturated carbocycles. The van der Waals surface area contributed by atoms with Gasteiger partial charge in [-0.2, -0.15) is 0 Å². The zero-order valence-electron chi connectivity index (χ0n) is 9.12. The molecule has 76 valence electrons. The Morgan fingerprint density at radius 2 is 2.00 bits per heavy atom. The third-order valence-electron chi connectivity index (χ3n) is 2.88. The predicted molar refractivity (Wildman–Crippen MR) is 65.4 cm³/mol. The van der Waals surface area contributed by atoms with E-state index in [9.17, 15) is 4.79 Å². The van der Waals surface area contributed by atoms with Crippen LogP contribution in [0.5, 0.6) is 0 Å². The van der Waals surface area contributed by atoms with Crippen LogP contribution in [0.1, 0.15) is 24.0 Å². The fraction of sp³-hybridized carbons (Fsp3) is 0.308. The lowest BCUT2D eigenvalue weighted by molar-refractivity contribution is -0.109. The van der Waals surface area contributed by atoms with Crippen molar-refractivity contribution in [3.63, 3.8) is 0 Å². The summed E-state index contributed by atoms with van der Waals surface area (Å²) in [4.78, 5) is 11.6. The van der Waals surface area contributed by atoms with E-state index in [0.717, 1.165) is 37.6 Å². The normalized spacial score (nSPS) is 19.0. The van der Waals surface area contributed by atoms with E-state index in [4.69, 9.17) is 0 Å². The molecule has 1 aliphatic rings. The fourth-order valence-corrected chi connectivity index (χ4v) is 1.92. The van der Waals surface area contributed by atoms with Gasteiger partial charge in [0.1, 0.15) is 5.68 Å². The van der Waals surface area contributed by atoms with Gasteiger partial charge in [0.2, 0.25) is 7.28 Å². The summed E-state index contributed by atoms with van der Waals surface area (Å²) < 4.78 is 0. The predicted octanol–water partition coefficient (Wildman–Crippen LogP) is 2.55. The lowest BCUT2D eigenvalue weighted by Crippen LogP contribution is -2.16. The van der Waals surface area contributed by atoms with Crippen LogP contribution >= 0.6 is 0 Å². The van der Waals surface area contributed by atoms with Crippen LogP contribution in [0.4, 0.5) is 0 Å². The molecule has 0 amide bonds. The summed E-state index contributed by atoms with van der Waals surface area (Å²) in [5, 5.41) is 0. The van der Waals surface area contributed by atoms with Crippen LogP contribution in [-0.4, -0.2) is 13.0 Å². The molecule has 0 N–H and O–H groups in total. The first kappa shape index (κ1) is 10.2. The van der Waals surface area contributed by atoms with Gasteiger partial charge >= 0.3 is 0 Å². The summed E-state index contributed by atoms with van der Waals surface area (Å²) in [6.07, 6.45) is 5.21. The Bertz CT molecular complexity index is 390. The highest BCUT2D eigenvalue weighted by molar-refractivity contribution is 6.78. The van der Waals surface area contributed by atoms with Crippen molar-refractivity contribution >= 4 is 19.0 Å². The van der Waals surface area contributed by atoms with Crippen LogP contribution < -0.4 is 0 Å². The van der Waals surface area contributed by atoms with Gasteiger partial charge in [-0.25, -0.2) is 0 Å². The van der Waals surface area contributed by atoms with Gasteiger partial charge in [-0.1, -0.05) is 42.6 Å². The van der Waals surface area contributed by atoms with Crippen molar-refractivity contribution in [1.29, 1.82) is 0 Å². The van der Waals surface area contributed by atoms with Gasteiger partial charge in [-0.15, -0.1) is 0 Å². The number of carbonyl (C=O) groups excluding carboxylic acids is 1. The van der Waals surface area contributed by atoms with Crippen LogP contribution in [0.25, 0.3) is 6.08 Å². The van der Waals surface area contributed by atoms with E-state index >= 15 is 0 Å². The van der Waals surface area contributed by atoms with E-state index in [1.54, 1.807) is 0 Å². The Hall–Kier alpha value is -1.31. The molecule has 0 bridgehead atoms. The van der Waals surface area contributed by atoms with Gasteiger partial charge in [-0.3, -0.25) is 0 Å². The molecule has 2 rings (SSSR count). The molecule has 2 heteroatoms. The summed E-state index contributed by atoms with van der Waals surface area (Å²) in [5.41, 5.74) is 3.74. The third-order valence-corrected chi connectivity index (χ3v) is 2.88. The topological polar surface area (TPSA) is 17.1 Å². The van der Waals surface area contributed by atoms with Gasteiger partial charge < -0.3 is 4.79 Å². The molecule has 1 aliphatic heterocycles. The highest BCUT2D eigenvalue weighted by Gasteiger charge is 2.15.